The number of thioether (sulfide) groups is 1. The van der Waals surface area contributed by atoms with Crippen LogP contribution in [0.5, 0.6) is 0 Å². The molecule has 0 bridgehead atoms. The van der Waals surface area contributed by atoms with Gasteiger partial charge in [-0.2, -0.15) is 0 Å². The molecule has 0 atom stereocenters. The number of ketones is 1. The van der Waals surface area contributed by atoms with Crippen molar-refractivity contribution < 1.29 is 4.79 Å². The molecule has 0 aliphatic heterocycles. The van der Waals surface area contributed by atoms with Gasteiger partial charge in [-0.05, 0) is 41.1 Å². The summed E-state index contributed by atoms with van der Waals surface area (Å²) in [5.74, 6) is 0.613. The molecule has 3 rings (SSSR count). The van der Waals surface area contributed by atoms with Gasteiger partial charge in [-0.15, -0.1) is 11.8 Å². The molecule has 126 valence electrons. The number of hydrogen-bond acceptors (Lipinski definition) is 3. The Bertz CT molecular complexity index is 916. The molecule has 0 aliphatic rings. The Morgan fingerprint density at radius 1 is 0.960 bits per heavy atom. The van der Waals surface area contributed by atoms with Crippen molar-refractivity contribution in [1.29, 1.82) is 0 Å². The third-order valence-corrected chi connectivity index (χ3v) is 5.18. The number of anilines is 1. The summed E-state index contributed by atoms with van der Waals surface area (Å²) in [5.41, 5.74) is 2.47. The summed E-state index contributed by atoms with van der Waals surface area (Å²) >= 11 is 1.63. The lowest BCUT2D eigenvalue weighted by Crippen LogP contribution is -2.08. The minimum absolute atomic E-state index is 0.0158. The minimum Gasteiger partial charge on any atom is -0.378 e. The zero-order valence-corrected chi connectivity index (χ0v) is 15.3. The highest BCUT2D eigenvalue weighted by molar-refractivity contribution is 7.99. The molecule has 0 aliphatic carbocycles. The Hall–Kier alpha value is -2.52. The molecule has 0 unspecified atom stereocenters. The second-order valence-corrected chi connectivity index (χ2v) is 7.22. The molecule has 3 heteroatoms. The Morgan fingerprint density at radius 2 is 1.64 bits per heavy atom. The predicted octanol–water partition coefficient (Wildman–Crippen LogP) is 5.44. The summed E-state index contributed by atoms with van der Waals surface area (Å²) < 4.78 is 0. The molecule has 0 N–H and O–H groups in total. The van der Waals surface area contributed by atoms with Gasteiger partial charge in [-0.25, -0.2) is 0 Å². The highest BCUT2D eigenvalue weighted by Gasteiger charge is 2.11. The van der Waals surface area contributed by atoms with E-state index in [0.29, 0.717) is 16.9 Å². The van der Waals surface area contributed by atoms with Gasteiger partial charge >= 0.3 is 0 Å². The molecule has 0 aromatic heterocycles. The summed E-state index contributed by atoms with van der Waals surface area (Å²) in [5, 5.41) is 2.20. The first kappa shape index (κ1) is 17.3. The normalized spacial score (nSPS) is 10.6. The first-order valence-electron chi connectivity index (χ1n) is 8.16. The van der Waals surface area contributed by atoms with Gasteiger partial charge in [0.1, 0.15) is 0 Å². The number of carbonyl (C=O) groups is 1. The summed E-state index contributed by atoms with van der Waals surface area (Å²) in [7, 11) is 4.04. The van der Waals surface area contributed by atoms with Crippen molar-refractivity contribution in [2.45, 2.75) is 4.90 Å². The van der Waals surface area contributed by atoms with Gasteiger partial charge in [0.25, 0.3) is 0 Å². The van der Waals surface area contributed by atoms with Crippen LogP contribution in [0.1, 0.15) is 10.4 Å². The van der Waals surface area contributed by atoms with Crippen molar-refractivity contribution in [3.05, 3.63) is 84.4 Å². The van der Waals surface area contributed by atoms with Crippen molar-refractivity contribution in [2.24, 2.45) is 0 Å². The van der Waals surface area contributed by atoms with E-state index in [2.05, 4.69) is 29.7 Å². The molecule has 0 saturated carbocycles. The van der Waals surface area contributed by atoms with Gasteiger partial charge in [0.15, 0.2) is 5.78 Å². The van der Waals surface area contributed by atoms with Crippen LogP contribution in [0.4, 0.5) is 5.69 Å². The van der Waals surface area contributed by atoms with E-state index >= 15 is 0 Å². The zero-order valence-electron chi connectivity index (χ0n) is 14.5. The van der Waals surface area contributed by atoms with Gasteiger partial charge in [0, 0.05) is 41.6 Å². The molecule has 0 heterocycles. The lowest BCUT2D eigenvalue weighted by atomic mass is 10.0. The van der Waals surface area contributed by atoms with Crippen LogP contribution >= 0.6 is 11.8 Å². The standard InChI is InChI=1S/C22H21NOS/c1-16(15-25-21-7-5-4-6-8-21)22(24)19-10-9-18-14-20(23(2)3)12-11-17(18)13-19/h4-14H,1,15H2,2-3H3. The first-order chi connectivity index (χ1) is 12.0. The van der Waals surface area contributed by atoms with E-state index in [1.54, 1.807) is 11.8 Å². The van der Waals surface area contributed by atoms with Gasteiger partial charge in [-0.3, -0.25) is 4.79 Å². The molecule has 3 aromatic rings. The average Bonchev–Trinajstić information content (AvgIpc) is 2.65. The van der Waals surface area contributed by atoms with Crippen LogP contribution < -0.4 is 4.90 Å². The summed E-state index contributed by atoms with van der Waals surface area (Å²) in [6.45, 7) is 3.99. The number of Topliss-reactive ketones (excluding diaryl/α,β-unsaturated/α-hetero) is 1. The van der Waals surface area contributed by atoms with Crippen molar-refractivity contribution in [3.63, 3.8) is 0 Å². The van der Waals surface area contributed by atoms with Gasteiger partial charge in [0.2, 0.25) is 0 Å². The van der Waals surface area contributed by atoms with Crippen LogP contribution in [0.2, 0.25) is 0 Å². The second kappa shape index (κ2) is 7.58. The maximum absolute atomic E-state index is 12.7. The van der Waals surface area contributed by atoms with Crippen molar-refractivity contribution in [3.8, 4) is 0 Å². The van der Waals surface area contributed by atoms with E-state index in [0.717, 1.165) is 21.4 Å². The van der Waals surface area contributed by atoms with E-state index in [9.17, 15) is 4.79 Å². The fourth-order valence-electron chi connectivity index (χ4n) is 2.61. The third kappa shape index (κ3) is 4.12. The topological polar surface area (TPSA) is 20.3 Å². The van der Waals surface area contributed by atoms with Gasteiger partial charge < -0.3 is 4.90 Å². The van der Waals surface area contributed by atoms with Crippen LogP contribution in [-0.2, 0) is 0 Å². The molecule has 0 saturated heterocycles. The van der Waals surface area contributed by atoms with Crippen molar-refractivity contribution in [2.75, 3.05) is 24.7 Å². The highest BCUT2D eigenvalue weighted by Crippen LogP contribution is 2.25. The monoisotopic (exact) mass is 347 g/mol. The number of rotatable bonds is 6. The number of hydrogen-bond donors (Lipinski definition) is 0. The second-order valence-electron chi connectivity index (χ2n) is 6.18. The number of benzene rings is 3. The summed E-state index contributed by atoms with van der Waals surface area (Å²) in [6, 6.07) is 22.2. The number of carbonyl (C=O) groups excluding carboxylic acids is 1. The van der Waals surface area contributed by atoms with E-state index in [1.165, 1.54) is 0 Å². The first-order valence-corrected chi connectivity index (χ1v) is 9.14. The summed E-state index contributed by atoms with van der Waals surface area (Å²) in [4.78, 5) is 15.9. The number of nitrogens with zero attached hydrogens (tertiary/aromatic N) is 1. The molecule has 0 spiro atoms. The maximum atomic E-state index is 12.7. The van der Waals surface area contributed by atoms with Crippen LogP contribution in [-0.4, -0.2) is 25.6 Å². The predicted molar refractivity (Wildman–Crippen MR) is 109 cm³/mol. The van der Waals surface area contributed by atoms with Crippen LogP contribution in [0.25, 0.3) is 10.8 Å². The Labute approximate surface area is 153 Å². The molecule has 2 nitrogen and oxygen atoms in total. The van der Waals surface area contributed by atoms with Crippen molar-refractivity contribution >= 4 is 34.0 Å². The van der Waals surface area contributed by atoms with E-state index in [1.807, 2.05) is 62.6 Å². The smallest absolute Gasteiger partial charge is 0.189 e. The lowest BCUT2D eigenvalue weighted by molar-refractivity contribution is 0.103. The third-order valence-electron chi connectivity index (χ3n) is 4.08. The highest BCUT2D eigenvalue weighted by atomic mass is 32.2. The Morgan fingerprint density at radius 3 is 2.36 bits per heavy atom. The van der Waals surface area contributed by atoms with Crippen molar-refractivity contribution in [1.82, 2.24) is 0 Å². The molecule has 0 radical (unpaired) electrons. The SMILES string of the molecule is C=C(CSc1ccccc1)C(=O)c1ccc2cc(N(C)C)ccc2c1. The van der Waals surface area contributed by atoms with Crippen LogP contribution in [0.3, 0.4) is 0 Å². The zero-order chi connectivity index (χ0) is 17.8. The molecule has 0 fully saturated rings. The maximum Gasteiger partial charge on any atom is 0.189 e. The Kier molecular flexibility index (Phi) is 5.25. The van der Waals surface area contributed by atoms with E-state index in [4.69, 9.17) is 0 Å². The largest absolute Gasteiger partial charge is 0.378 e. The number of fused-ring (bicyclic) bond motifs is 1. The molecular formula is C22H21NOS. The Balaban J connectivity index is 1.75. The van der Waals surface area contributed by atoms with Gasteiger partial charge in [0.05, 0.1) is 0 Å². The van der Waals surface area contributed by atoms with Gasteiger partial charge in [-0.1, -0.05) is 43.0 Å². The fraction of sp³-hybridized carbons (Fsp3) is 0.136. The lowest BCUT2D eigenvalue weighted by Gasteiger charge is -2.13. The van der Waals surface area contributed by atoms with E-state index in [-0.39, 0.29) is 5.78 Å². The van der Waals surface area contributed by atoms with Crippen LogP contribution in [0, 0.1) is 0 Å². The minimum atomic E-state index is 0.0158. The fourth-order valence-corrected chi connectivity index (χ4v) is 3.43. The molecule has 25 heavy (non-hydrogen) atoms. The quantitative estimate of drug-likeness (QED) is 0.336. The van der Waals surface area contributed by atoms with E-state index < -0.39 is 0 Å². The van der Waals surface area contributed by atoms with Crippen LogP contribution in [0.15, 0.2) is 83.8 Å². The average molecular weight is 347 g/mol. The molecule has 0 amide bonds. The molecule has 3 aromatic carbocycles. The molecular weight excluding hydrogens is 326 g/mol. The summed E-state index contributed by atoms with van der Waals surface area (Å²) in [6.07, 6.45) is 0.